The number of piperazine rings is 1. The highest BCUT2D eigenvalue weighted by Crippen LogP contribution is 2.34. The molecule has 1 saturated heterocycles. The zero-order chi connectivity index (χ0) is 27.0. The maximum Gasteiger partial charge on any atom is 0.230 e. The van der Waals surface area contributed by atoms with E-state index in [0.717, 1.165) is 16.9 Å². The molecule has 4 rings (SSSR count). The van der Waals surface area contributed by atoms with Gasteiger partial charge in [0.2, 0.25) is 11.8 Å². The molecule has 8 heteroatoms. The zero-order valence-electron chi connectivity index (χ0n) is 23.1. The van der Waals surface area contributed by atoms with Gasteiger partial charge in [-0.25, -0.2) is 4.39 Å². The second kappa shape index (κ2) is 10.1. The average Bonchev–Trinajstić information content (AvgIpc) is 2.83. The van der Waals surface area contributed by atoms with E-state index in [9.17, 15) is 4.39 Å². The normalized spacial score (nSPS) is 15.5. The molecule has 0 aliphatic carbocycles. The Bertz CT molecular complexity index is 1270. The molecule has 198 valence electrons. The molecule has 1 aliphatic rings. The van der Waals surface area contributed by atoms with Gasteiger partial charge in [-0.2, -0.15) is 9.97 Å². The Balaban J connectivity index is 1.59. The summed E-state index contributed by atoms with van der Waals surface area (Å²) in [7, 11) is 3.09. The van der Waals surface area contributed by atoms with Crippen LogP contribution in [-0.2, 0) is 5.41 Å². The smallest absolute Gasteiger partial charge is 0.230 e. The number of hydrogen-bond acceptors (Lipinski definition) is 7. The summed E-state index contributed by atoms with van der Waals surface area (Å²) in [5, 5.41) is 3.49. The van der Waals surface area contributed by atoms with Gasteiger partial charge >= 0.3 is 0 Å². The average molecular weight is 508 g/mol. The molecule has 0 unspecified atom stereocenters. The molecule has 0 radical (unpaired) electrons. The van der Waals surface area contributed by atoms with E-state index >= 15 is 0 Å². The van der Waals surface area contributed by atoms with Crippen molar-refractivity contribution in [3.63, 3.8) is 0 Å². The van der Waals surface area contributed by atoms with Crippen LogP contribution in [-0.4, -0.2) is 49.4 Å². The van der Waals surface area contributed by atoms with Gasteiger partial charge in [-0.15, -0.1) is 0 Å². The summed E-state index contributed by atoms with van der Waals surface area (Å²) in [6.45, 7) is 15.0. The summed E-state index contributed by atoms with van der Waals surface area (Å²) in [6.07, 6.45) is 0. The highest BCUT2D eigenvalue weighted by molar-refractivity contribution is 5.64. The van der Waals surface area contributed by atoms with Crippen LogP contribution in [0.4, 0.5) is 27.5 Å². The van der Waals surface area contributed by atoms with Crippen LogP contribution in [0, 0.1) is 12.7 Å². The first-order chi connectivity index (χ1) is 17.4. The molecule has 3 aromatic rings. The van der Waals surface area contributed by atoms with E-state index in [1.807, 2.05) is 12.1 Å². The van der Waals surface area contributed by atoms with Crippen LogP contribution >= 0.6 is 0 Å². The van der Waals surface area contributed by atoms with Crippen LogP contribution < -0.4 is 24.6 Å². The van der Waals surface area contributed by atoms with E-state index in [4.69, 9.17) is 14.5 Å². The fraction of sp³-hybridized carbons (Fsp3) is 0.448. The fourth-order valence-electron chi connectivity index (χ4n) is 4.71. The molecule has 0 atom stereocenters. The van der Waals surface area contributed by atoms with Crippen molar-refractivity contribution in [1.29, 1.82) is 0 Å². The molecular weight excluding hydrogens is 469 g/mol. The summed E-state index contributed by atoms with van der Waals surface area (Å²) in [5.41, 5.74) is 3.95. The molecule has 0 saturated carbocycles. The standard InChI is InChI=1S/C29H38FN5O2/c1-19-9-10-20(28(2,3)4)15-23(19)31-25-17-26(37-8)33-27(32-25)34-13-14-35(29(5,6)18-34)21-11-12-24(36-7)22(30)16-21/h9-12,15-17H,13-14,18H2,1-8H3,(H,31,32,33). The van der Waals surface area contributed by atoms with Gasteiger partial charge in [0.15, 0.2) is 11.6 Å². The van der Waals surface area contributed by atoms with Crippen molar-refractivity contribution in [3.05, 3.63) is 59.4 Å². The lowest BCUT2D eigenvalue weighted by atomic mass is 9.86. The number of nitrogens with one attached hydrogen (secondary N) is 1. The molecule has 0 bridgehead atoms. The van der Waals surface area contributed by atoms with Crippen molar-refractivity contribution in [2.24, 2.45) is 0 Å². The first-order valence-electron chi connectivity index (χ1n) is 12.6. The third-order valence-corrected chi connectivity index (χ3v) is 6.90. The van der Waals surface area contributed by atoms with Crippen molar-refractivity contribution < 1.29 is 13.9 Å². The first-order valence-corrected chi connectivity index (χ1v) is 12.6. The van der Waals surface area contributed by atoms with Gasteiger partial charge in [0.05, 0.1) is 19.8 Å². The maximum absolute atomic E-state index is 14.4. The number of aromatic nitrogens is 2. The predicted octanol–water partition coefficient (Wildman–Crippen LogP) is 6.09. The fourth-order valence-corrected chi connectivity index (χ4v) is 4.71. The minimum Gasteiger partial charge on any atom is -0.494 e. The van der Waals surface area contributed by atoms with Crippen LogP contribution in [0.5, 0.6) is 11.6 Å². The zero-order valence-corrected chi connectivity index (χ0v) is 23.1. The van der Waals surface area contributed by atoms with Crippen molar-refractivity contribution in [2.45, 2.75) is 52.5 Å². The molecule has 37 heavy (non-hydrogen) atoms. The maximum atomic E-state index is 14.4. The molecule has 1 aromatic heterocycles. The van der Waals surface area contributed by atoms with Gasteiger partial charge in [0.1, 0.15) is 5.82 Å². The van der Waals surface area contributed by atoms with Gasteiger partial charge < -0.3 is 24.6 Å². The van der Waals surface area contributed by atoms with Crippen molar-refractivity contribution in [2.75, 3.05) is 49.0 Å². The Labute approximate surface area is 219 Å². The third-order valence-electron chi connectivity index (χ3n) is 6.90. The van der Waals surface area contributed by atoms with Gasteiger partial charge in [-0.3, -0.25) is 0 Å². The number of anilines is 4. The summed E-state index contributed by atoms with van der Waals surface area (Å²) in [6, 6.07) is 13.4. The largest absolute Gasteiger partial charge is 0.494 e. The second-order valence-corrected chi connectivity index (χ2v) is 11.2. The molecular formula is C29H38FN5O2. The number of nitrogens with zero attached hydrogens (tertiary/aromatic N) is 4. The Morgan fingerprint density at radius 1 is 0.973 bits per heavy atom. The Kier molecular flexibility index (Phi) is 7.22. The molecule has 7 nitrogen and oxygen atoms in total. The number of halogens is 1. The summed E-state index contributed by atoms with van der Waals surface area (Å²) in [5.74, 6) is 1.65. The number of aryl methyl sites for hydroxylation is 1. The highest BCUT2D eigenvalue weighted by atomic mass is 19.1. The van der Waals surface area contributed by atoms with E-state index in [2.05, 4.69) is 79.8 Å². The topological polar surface area (TPSA) is 62.8 Å². The van der Waals surface area contributed by atoms with Crippen LogP contribution in [0.25, 0.3) is 0 Å². The number of ether oxygens (including phenoxy) is 2. The van der Waals surface area contributed by atoms with Crippen molar-refractivity contribution in [3.8, 4) is 11.6 Å². The lowest BCUT2D eigenvalue weighted by molar-refractivity contribution is 0.383. The second-order valence-electron chi connectivity index (χ2n) is 11.2. The SMILES string of the molecule is COc1cc(Nc2cc(C(C)(C)C)ccc2C)nc(N2CCN(c3ccc(OC)c(F)c3)C(C)(C)C2)n1. The first kappa shape index (κ1) is 26.5. The molecule has 0 spiro atoms. The van der Waals surface area contributed by atoms with Crippen LogP contribution in [0.1, 0.15) is 45.7 Å². The van der Waals surface area contributed by atoms with Crippen molar-refractivity contribution in [1.82, 2.24) is 9.97 Å². The minimum absolute atomic E-state index is 0.0384. The molecule has 2 heterocycles. The van der Waals surface area contributed by atoms with Gasteiger partial charge in [0.25, 0.3) is 0 Å². The van der Waals surface area contributed by atoms with Gasteiger partial charge in [-0.1, -0.05) is 32.9 Å². The Morgan fingerprint density at radius 3 is 2.35 bits per heavy atom. The van der Waals surface area contributed by atoms with E-state index < -0.39 is 0 Å². The third kappa shape index (κ3) is 5.73. The number of methoxy groups -OCH3 is 2. The van der Waals surface area contributed by atoms with Crippen LogP contribution in [0.3, 0.4) is 0 Å². The lowest BCUT2D eigenvalue weighted by Gasteiger charge is -2.48. The molecule has 2 aromatic carbocycles. The van der Waals surface area contributed by atoms with E-state index in [1.54, 1.807) is 13.2 Å². The molecule has 1 fully saturated rings. The Hall–Kier alpha value is -3.55. The number of benzene rings is 2. The molecule has 0 amide bonds. The minimum atomic E-state index is -0.365. The van der Waals surface area contributed by atoms with E-state index in [-0.39, 0.29) is 22.5 Å². The Morgan fingerprint density at radius 2 is 1.73 bits per heavy atom. The predicted molar refractivity (Wildman–Crippen MR) is 148 cm³/mol. The summed E-state index contributed by atoms with van der Waals surface area (Å²) < 4.78 is 25.0. The van der Waals surface area contributed by atoms with Gasteiger partial charge in [-0.05, 0) is 55.5 Å². The van der Waals surface area contributed by atoms with E-state index in [0.29, 0.717) is 37.3 Å². The quantitative estimate of drug-likeness (QED) is 0.433. The number of rotatable bonds is 6. The summed E-state index contributed by atoms with van der Waals surface area (Å²) >= 11 is 0. The van der Waals surface area contributed by atoms with Gasteiger partial charge in [0, 0.05) is 43.1 Å². The lowest BCUT2D eigenvalue weighted by Crippen LogP contribution is -2.60. The molecule has 1 aliphatic heterocycles. The van der Waals surface area contributed by atoms with Crippen LogP contribution in [0.15, 0.2) is 42.5 Å². The highest BCUT2D eigenvalue weighted by Gasteiger charge is 2.35. The van der Waals surface area contributed by atoms with E-state index in [1.165, 1.54) is 18.7 Å². The monoisotopic (exact) mass is 507 g/mol. The summed E-state index contributed by atoms with van der Waals surface area (Å²) in [4.78, 5) is 13.9. The van der Waals surface area contributed by atoms with Crippen LogP contribution in [0.2, 0.25) is 0 Å². The van der Waals surface area contributed by atoms with Crippen molar-refractivity contribution >= 4 is 23.1 Å². The molecule has 1 N–H and O–H groups in total. The number of hydrogen-bond donors (Lipinski definition) is 1.